The van der Waals surface area contributed by atoms with Crippen LogP contribution in [0.3, 0.4) is 0 Å². The van der Waals surface area contributed by atoms with Gasteiger partial charge < -0.3 is 29.6 Å². The van der Waals surface area contributed by atoms with Crippen LogP contribution >= 0.6 is 0 Å². The van der Waals surface area contributed by atoms with Crippen molar-refractivity contribution in [3.63, 3.8) is 0 Å². The van der Waals surface area contributed by atoms with E-state index in [1.807, 2.05) is 12.1 Å². The van der Waals surface area contributed by atoms with Crippen molar-refractivity contribution in [3.8, 4) is 11.5 Å². The highest BCUT2D eigenvalue weighted by molar-refractivity contribution is 5.79. The average Bonchev–Trinajstić information content (AvgIpc) is 2.98. The summed E-state index contributed by atoms with van der Waals surface area (Å²) < 4.78 is 22.6. The molecule has 0 bridgehead atoms. The van der Waals surface area contributed by atoms with E-state index in [2.05, 4.69) is 21.7 Å². The number of hydrogen-bond acceptors (Lipinski definition) is 5. The molecule has 0 aliphatic carbocycles. The molecule has 0 radical (unpaired) electrons. The molecular weight excluding hydrogens is 358 g/mol. The molecule has 0 unspecified atom stereocenters. The number of fused-ring (bicyclic) bond motifs is 1. The molecule has 7 nitrogen and oxygen atoms in total. The second-order valence-electron chi connectivity index (χ2n) is 7.17. The number of rotatable bonds is 8. The Balaban J connectivity index is 1.30. The Morgan fingerprint density at radius 1 is 1.11 bits per heavy atom. The molecule has 7 heteroatoms. The molecule has 28 heavy (non-hydrogen) atoms. The fourth-order valence-electron chi connectivity index (χ4n) is 3.27. The topological polar surface area (TPSA) is 73.3 Å². The molecule has 1 aromatic carbocycles. The van der Waals surface area contributed by atoms with Gasteiger partial charge in [0, 0.05) is 53.0 Å². The molecule has 0 aromatic heterocycles. The van der Waals surface area contributed by atoms with Gasteiger partial charge in [0.15, 0.2) is 17.5 Å². The zero-order valence-corrected chi connectivity index (χ0v) is 16.9. The SMILES string of the molecule is CN=C(NCCCOCC1CCOCC1)NCc1ccc2c(c1)OCCCO2. The van der Waals surface area contributed by atoms with Crippen LogP contribution in [0.1, 0.15) is 31.2 Å². The predicted molar refractivity (Wildman–Crippen MR) is 109 cm³/mol. The lowest BCUT2D eigenvalue weighted by molar-refractivity contribution is 0.0203. The van der Waals surface area contributed by atoms with Crippen LogP contribution in [0, 0.1) is 5.92 Å². The van der Waals surface area contributed by atoms with Crippen molar-refractivity contribution in [1.29, 1.82) is 0 Å². The first-order valence-electron chi connectivity index (χ1n) is 10.3. The number of nitrogens with one attached hydrogen (secondary N) is 2. The zero-order chi connectivity index (χ0) is 19.4. The van der Waals surface area contributed by atoms with Crippen molar-refractivity contribution in [2.24, 2.45) is 10.9 Å². The first-order valence-corrected chi connectivity index (χ1v) is 10.3. The van der Waals surface area contributed by atoms with E-state index >= 15 is 0 Å². The van der Waals surface area contributed by atoms with Crippen LogP contribution in [0.2, 0.25) is 0 Å². The molecule has 0 spiro atoms. The Morgan fingerprint density at radius 2 is 1.93 bits per heavy atom. The third kappa shape index (κ3) is 6.87. The number of aliphatic imine (C=N–C) groups is 1. The smallest absolute Gasteiger partial charge is 0.191 e. The van der Waals surface area contributed by atoms with Crippen molar-refractivity contribution < 1.29 is 18.9 Å². The van der Waals surface area contributed by atoms with Crippen LogP contribution in [-0.4, -0.2) is 59.2 Å². The molecule has 0 amide bonds. The van der Waals surface area contributed by atoms with Crippen molar-refractivity contribution >= 4 is 5.96 Å². The van der Waals surface area contributed by atoms with E-state index in [1.165, 1.54) is 0 Å². The molecule has 2 heterocycles. The molecule has 0 saturated carbocycles. The van der Waals surface area contributed by atoms with Crippen molar-refractivity contribution in [3.05, 3.63) is 23.8 Å². The molecule has 1 saturated heterocycles. The van der Waals surface area contributed by atoms with Crippen LogP contribution < -0.4 is 20.1 Å². The summed E-state index contributed by atoms with van der Waals surface area (Å²) in [6.45, 7) is 6.28. The van der Waals surface area contributed by atoms with Gasteiger partial charge in [-0.25, -0.2) is 0 Å². The van der Waals surface area contributed by atoms with Crippen LogP contribution in [0.15, 0.2) is 23.2 Å². The minimum Gasteiger partial charge on any atom is -0.490 e. The monoisotopic (exact) mass is 391 g/mol. The first-order chi connectivity index (χ1) is 13.8. The third-order valence-corrected chi connectivity index (χ3v) is 4.95. The standard InChI is InChI=1S/C21H33N3O4/c1-22-21(23-8-2-9-26-16-17-6-12-25-13-7-17)24-15-18-4-5-19-20(14-18)28-11-3-10-27-19/h4-5,14,17H,2-3,6-13,15-16H2,1H3,(H2,22,23,24). The Morgan fingerprint density at radius 3 is 2.75 bits per heavy atom. The van der Waals surface area contributed by atoms with E-state index in [1.54, 1.807) is 7.05 Å². The highest BCUT2D eigenvalue weighted by Crippen LogP contribution is 2.30. The minimum atomic E-state index is 0.659. The van der Waals surface area contributed by atoms with Gasteiger partial charge in [0.2, 0.25) is 0 Å². The first kappa shape index (κ1) is 20.7. The number of hydrogen-bond donors (Lipinski definition) is 2. The summed E-state index contributed by atoms with van der Waals surface area (Å²) in [5.74, 6) is 3.09. The number of ether oxygens (including phenoxy) is 4. The van der Waals surface area contributed by atoms with Crippen molar-refractivity contribution in [1.82, 2.24) is 10.6 Å². The molecule has 3 rings (SSSR count). The highest BCUT2D eigenvalue weighted by atomic mass is 16.5. The predicted octanol–water partition coefficient (Wildman–Crippen LogP) is 2.35. The van der Waals surface area contributed by atoms with E-state index < -0.39 is 0 Å². The fraction of sp³-hybridized carbons (Fsp3) is 0.667. The second kappa shape index (κ2) is 11.8. The van der Waals surface area contributed by atoms with E-state index in [9.17, 15) is 0 Å². The Kier molecular flexibility index (Phi) is 8.71. The maximum atomic E-state index is 5.80. The molecule has 156 valence electrons. The summed E-state index contributed by atoms with van der Waals surface area (Å²) in [4.78, 5) is 4.28. The molecule has 2 aliphatic rings. The molecule has 2 N–H and O–H groups in total. The summed E-state index contributed by atoms with van der Waals surface area (Å²) in [5.41, 5.74) is 1.13. The van der Waals surface area contributed by atoms with Gasteiger partial charge in [-0.2, -0.15) is 0 Å². The Bertz CT molecular complexity index is 618. The molecule has 2 aliphatic heterocycles. The van der Waals surface area contributed by atoms with Gasteiger partial charge in [0.05, 0.1) is 13.2 Å². The van der Waals surface area contributed by atoms with Gasteiger partial charge >= 0.3 is 0 Å². The summed E-state index contributed by atoms with van der Waals surface area (Å²) in [6, 6.07) is 6.06. The van der Waals surface area contributed by atoms with Gasteiger partial charge in [0.1, 0.15) is 0 Å². The summed E-state index contributed by atoms with van der Waals surface area (Å²) in [7, 11) is 1.78. The second-order valence-corrected chi connectivity index (χ2v) is 7.17. The minimum absolute atomic E-state index is 0.659. The maximum absolute atomic E-state index is 5.80. The van der Waals surface area contributed by atoms with Gasteiger partial charge in [-0.15, -0.1) is 0 Å². The largest absolute Gasteiger partial charge is 0.490 e. The summed E-state index contributed by atoms with van der Waals surface area (Å²) in [5, 5.41) is 6.67. The average molecular weight is 392 g/mol. The van der Waals surface area contributed by atoms with E-state index in [0.29, 0.717) is 25.7 Å². The van der Waals surface area contributed by atoms with E-state index in [0.717, 1.165) is 81.7 Å². The Hall–Kier alpha value is -1.99. The lowest BCUT2D eigenvalue weighted by Crippen LogP contribution is -2.37. The quantitative estimate of drug-likeness (QED) is 0.403. The van der Waals surface area contributed by atoms with Gasteiger partial charge in [-0.05, 0) is 42.9 Å². The molecular formula is C21H33N3O4. The maximum Gasteiger partial charge on any atom is 0.191 e. The third-order valence-electron chi connectivity index (χ3n) is 4.95. The number of guanidine groups is 1. The number of nitrogens with zero attached hydrogens (tertiary/aromatic N) is 1. The van der Waals surface area contributed by atoms with Crippen LogP contribution in [-0.2, 0) is 16.0 Å². The van der Waals surface area contributed by atoms with Crippen molar-refractivity contribution in [2.45, 2.75) is 32.2 Å². The molecule has 1 aromatic rings. The lowest BCUT2D eigenvalue weighted by atomic mass is 10.0. The number of benzene rings is 1. The Labute approximate surface area is 167 Å². The zero-order valence-electron chi connectivity index (χ0n) is 16.9. The van der Waals surface area contributed by atoms with Gasteiger partial charge in [0.25, 0.3) is 0 Å². The fourth-order valence-corrected chi connectivity index (χ4v) is 3.27. The van der Waals surface area contributed by atoms with Gasteiger partial charge in [-0.3, -0.25) is 4.99 Å². The molecule has 0 atom stereocenters. The summed E-state index contributed by atoms with van der Waals surface area (Å²) >= 11 is 0. The lowest BCUT2D eigenvalue weighted by Gasteiger charge is -2.21. The van der Waals surface area contributed by atoms with Crippen LogP contribution in [0.4, 0.5) is 0 Å². The summed E-state index contributed by atoms with van der Waals surface area (Å²) in [6.07, 6.45) is 4.11. The highest BCUT2D eigenvalue weighted by Gasteiger charge is 2.13. The van der Waals surface area contributed by atoms with Crippen LogP contribution in [0.5, 0.6) is 11.5 Å². The molecule has 1 fully saturated rings. The van der Waals surface area contributed by atoms with Crippen LogP contribution in [0.25, 0.3) is 0 Å². The van der Waals surface area contributed by atoms with E-state index in [4.69, 9.17) is 18.9 Å². The van der Waals surface area contributed by atoms with Gasteiger partial charge in [-0.1, -0.05) is 6.07 Å². The van der Waals surface area contributed by atoms with E-state index in [-0.39, 0.29) is 0 Å². The van der Waals surface area contributed by atoms with Crippen molar-refractivity contribution in [2.75, 3.05) is 53.2 Å². The normalized spacial score (nSPS) is 17.8.